The van der Waals surface area contributed by atoms with Gasteiger partial charge in [0.25, 0.3) is 0 Å². The molecule has 1 saturated carbocycles. The van der Waals surface area contributed by atoms with Crippen molar-refractivity contribution in [1.82, 2.24) is 10.2 Å². The molecule has 0 radical (unpaired) electrons. The Kier molecular flexibility index (Phi) is 5.31. The molecule has 2 heterocycles. The van der Waals surface area contributed by atoms with E-state index in [0.29, 0.717) is 32.2 Å². The second kappa shape index (κ2) is 7.42. The van der Waals surface area contributed by atoms with Gasteiger partial charge in [-0.25, -0.2) is 0 Å². The summed E-state index contributed by atoms with van der Waals surface area (Å²) in [5, 5.41) is 3.00. The van der Waals surface area contributed by atoms with Gasteiger partial charge in [-0.3, -0.25) is 9.59 Å². The van der Waals surface area contributed by atoms with Gasteiger partial charge in [0.05, 0.1) is 25.7 Å². The van der Waals surface area contributed by atoms with E-state index in [1.807, 2.05) is 0 Å². The number of rotatable bonds is 7. The quantitative estimate of drug-likeness (QED) is 0.708. The topological polar surface area (TPSA) is 67.9 Å². The molecule has 1 aliphatic carbocycles. The molecule has 6 heteroatoms. The van der Waals surface area contributed by atoms with Gasteiger partial charge >= 0.3 is 0 Å². The van der Waals surface area contributed by atoms with Crippen molar-refractivity contribution in [3.05, 3.63) is 0 Å². The van der Waals surface area contributed by atoms with Gasteiger partial charge in [0.15, 0.2) is 0 Å². The summed E-state index contributed by atoms with van der Waals surface area (Å²) < 4.78 is 11.0. The number of likely N-dealkylation sites (tertiary alicyclic amines) is 1. The molecule has 0 bridgehead atoms. The van der Waals surface area contributed by atoms with Crippen molar-refractivity contribution < 1.29 is 19.1 Å². The van der Waals surface area contributed by atoms with Gasteiger partial charge in [-0.1, -0.05) is 0 Å². The van der Waals surface area contributed by atoms with Gasteiger partial charge in [0.2, 0.25) is 11.8 Å². The monoisotopic (exact) mass is 310 g/mol. The fraction of sp³-hybridized carbons (Fsp3) is 0.875. The molecular weight excluding hydrogens is 284 g/mol. The van der Waals surface area contributed by atoms with E-state index in [-0.39, 0.29) is 24.0 Å². The first-order valence-electron chi connectivity index (χ1n) is 8.53. The number of nitrogens with one attached hydrogen (secondary N) is 1. The van der Waals surface area contributed by atoms with Gasteiger partial charge in [-0.2, -0.15) is 0 Å². The van der Waals surface area contributed by atoms with Crippen LogP contribution in [0.5, 0.6) is 0 Å². The predicted octanol–water partition coefficient (Wildman–Crippen LogP) is 0.842. The van der Waals surface area contributed by atoms with Crippen molar-refractivity contribution in [3.63, 3.8) is 0 Å². The van der Waals surface area contributed by atoms with E-state index in [0.717, 1.165) is 45.1 Å². The number of carbonyl (C=O) groups excluding carboxylic acids is 2. The minimum atomic E-state index is -0.272. The molecule has 0 aromatic rings. The summed E-state index contributed by atoms with van der Waals surface area (Å²) in [6, 6.07) is 0.0751. The van der Waals surface area contributed by atoms with Gasteiger partial charge in [-0.05, 0) is 38.5 Å². The van der Waals surface area contributed by atoms with Gasteiger partial charge in [0, 0.05) is 19.2 Å². The first-order valence-corrected chi connectivity index (χ1v) is 8.53. The summed E-state index contributed by atoms with van der Waals surface area (Å²) in [6.07, 6.45) is 6.51. The Morgan fingerprint density at radius 1 is 1.18 bits per heavy atom. The van der Waals surface area contributed by atoms with Gasteiger partial charge < -0.3 is 19.7 Å². The van der Waals surface area contributed by atoms with Crippen molar-refractivity contribution in [2.75, 3.05) is 26.4 Å². The highest BCUT2D eigenvalue weighted by Gasteiger charge is 2.36. The number of nitrogens with zero attached hydrogens (tertiary/aromatic N) is 1. The zero-order chi connectivity index (χ0) is 15.4. The minimum Gasteiger partial charge on any atom is -0.378 e. The summed E-state index contributed by atoms with van der Waals surface area (Å²) in [6.45, 7) is 2.48. The third-order valence-electron chi connectivity index (χ3n) is 4.59. The van der Waals surface area contributed by atoms with Crippen LogP contribution in [0.1, 0.15) is 44.9 Å². The standard InChI is InChI=1S/C16H26N2O4/c19-15(7-10-21-11-13-3-2-9-22-13)18-8-1-4-14(18)16(20)17-12-5-6-12/h12-14H,1-11H2,(H,17,20). The fourth-order valence-corrected chi connectivity index (χ4v) is 3.16. The molecular formula is C16H26N2O4. The highest BCUT2D eigenvalue weighted by molar-refractivity contribution is 5.88. The largest absolute Gasteiger partial charge is 0.378 e. The Bertz CT molecular complexity index is 405. The van der Waals surface area contributed by atoms with Crippen LogP contribution in [0, 0.1) is 0 Å². The lowest BCUT2D eigenvalue weighted by atomic mass is 10.2. The molecule has 2 saturated heterocycles. The van der Waals surface area contributed by atoms with Gasteiger partial charge in [0.1, 0.15) is 6.04 Å². The van der Waals surface area contributed by atoms with Crippen LogP contribution in [0.2, 0.25) is 0 Å². The molecule has 2 aliphatic heterocycles. The first-order chi connectivity index (χ1) is 10.7. The Balaban J connectivity index is 1.37. The lowest BCUT2D eigenvalue weighted by Gasteiger charge is -2.24. The highest BCUT2D eigenvalue weighted by atomic mass is 16.5. The molecule has 3 rings (SSSR count). The number of amides is 2. The molecule has 2 amide bonds. The average molecular weight is 310 g/mol. The molecule has 3 fully saturated rings. The Morgan fingerprint density at radius 3 is 2.77 bits per heavy atom. The molecule has 0 spiro atoms. The van der Waals surface area contributed by atoms with E-state index in [1.54, 1.807) is 4.90 Å². The smallest absolute Gasteiger partial charge is 0.243 e. The first kappa shape index (κ1) is 15.7. The van der Waals surface area contributed by atoms with Crippen LogP contribution in [0.15, 0.2) is 0 Å². The maximum Gasteiger partial charge on any atom is 0.243 e. The van der Waals surface area contributed by atoms with Crippen molar-refractivity contribution in [2.45, 2.75) is 63.1 Å². The van der Waals surface area contributed by atoms with Crippen molar-refractivity contribution in [3.8, 4) is 0 Å². The molecule has 2 unspecified atom stereocenters. The number of hydrogen-bond donors (Lipinski definition) is 1. The Morgan fingerprint density at radius 2 is 2.05 bits per heavy atom. The van der Waals surface area contributed by atoms with Crippen LogP contribution in [0.4, 0.5) is 0 Å². The highest BCUT2D eigenvalue weighted by Crippen LogP contribution is 2.23. The number of ether oxygens (including phenoxy) is 2. The third kappa shape index (κ3) is 4.20. The minimum absolute atomic E-state index is 0.0219. The van der Waals surface area contributed by atoms with Crippen molar-refractivity contribution >= 4 is 11.8 Å². The lowest BCUT2D eigenvalue weighted by Crippen LogP contribution is -2.46. The van der Waals surface area contributed by atoms with E-state index in [1.165, 1.54) is 0 Å². The fourth-order valence-electron chi connectivity index (χ4n) is 3.16. The molecule has 124 valence electrons. The van der Waals surface area contributed by atoms with Crippen LogP contribution < -0.4 is 5.32 Å². The second-order valence-corrected chi connectivity index (χ2v) is 6.49. The van der Waals surface area contributed by atoms with Crippen LogP contribution >= 0.6 is 0 Å². The van der Waals surface area contributed by atoms with E-state index < -0.39 is 0 Å². The maximum atomic E-state index is 12.3. The third-order valence-corrected chi connectivity index (χ3v) is 4.59. The van der Waals surface area contributed by atoms with E-state index in [4.69, 9.17) is 9.47 Å². The van der Waals surface area contributed by atoms with Crippen LogP contribution in [-0.4, -0.2) is 61.3 Å². The molecule has 0 aromatic carbocycles. The van der Waals surface area contributed by atoms with Crippen molar-refractivity contribution in [1.29, 1.82) is 0 Å². The average Bonchev–Trinajstić information content (AvgIpc) is 3.01. The molecule has 2 atom stereocenters. The van der Waals surface area contributed by atoms with E-state index >= 15 is 0 Å². The zero-order valence-electron chi connectivity index (χ0n) is 13.1. The summed E-state index contributed by atoms with van der Waals surface area (Å²) >= 11 is 0. The Labute approximate surface area is 131 Å². The molecule has 0 aromatic heterocycles. The molecule has 3 aliphatic rings. The van der Waals surface area contributed by atoms with E-state index in [9.17, 15) is 9.59 Å². The number of hydrogen-bond acceptors (Lipinski definition) is 4. The molecule has 6 nitrogen and oxygen atoms in total. The molecule has 22 heavy (non-hydrogen) atoms. The van der Waals surface area contributed by atoms with Crippen molar-refractivity contribution in [2.24, 2.45) is 0 Å². The van der Waals surface area contributed by atoms with E-state index in [2.05, 4.69) is 5.32 Å². The second-order valence-electron chi connectivity index (χ2n) is 6.49. The van der Waals surface area contributed by atoms with Crippen LogP contribution in [0.25, 0.3) is 0 Å². The lowest BCUT2D eigenvalue weighted by molar-refractivity contribution is -0.139. The summed E-state index contributed by atoms with van der Waals surface area (Å²) in [4.78, 5) is 26.2. The summed E-state index contributed by atoms with van der Waals surface area (Å²) in [7, 11) is 0. The summed E-state index contributed by atoms with van der Waals surface area (Å²) in [5.41, 5.74) is 0. The van der Waals surface area contributed by atoms with Crippen LogP contribution in [-0.2, 0) is 19.1 Å². The zero-order valence-corrected chi connectivity index (χ0v) is 13.1. The number of carbonyl (C=O) groups is 2. The maximum absolute atomic E-state index is 12.3. The normalized spacial score (nSPS) is 28.1. The summed E-state index contributed by atoms with van der Waals surface area (Å²) in [5.74, 6) is 0.0504. The van der Waals surface area contributed by atoms with Crippen LogP contribution in [0.3, 0.4) is 0 Å². The van der Waals surface area contributed by atoms with Gasteiger partial charge in [-0.15, -0.1) is 0 Å². The molecule has 1 N–H and O–H groups in total. The SMILES string of the molecule is O=C(NC1CC1)C1CCCN1C(=O)CCOCC1CCCO1. The predicted molar refractivity (Wildman–Crippen MR) is 80.3 cm³/mol. The Hall–Kier alpha value is -1.14.